The zero-order valence-corrected chi connectivity index (χ0v) is 10.1. The third-order valence-electron chi connectivity index (χ3n) is 2.86. The number of carbonyl (C=O) groups is 3. The lowest BCUT2D eigenvalue weighted by Crippen LogP contribution is -2.52. The molecule has 0 aromatic heterocycles. The van der Waals surface area contributed by atoms with Gasteiger partial charge in [-0.25, -0.2) is 4.79 Å². The lowest BCUT2D eigenvalue weighted by Gasteiger charge is -2.35. The van der Waals surface area contributed by atoms with E-state index in [1.54, 1.807) is 0 Å². The van der Waals surface area contributed by atoms with Gasteiger partial charge >= 0.3 is 11.9 Å². The molecule has 1 aliphatic heterocycles. The first-order valence-corrected chi connectivity index (χ1v) is 5.96. The summed E-state index contributed by atoms with van der Waals surface area (Å²) in [6.45, 7) is -0.0289. The van der Waals surface area contributed by atoms with E-state index in [4.69, 9.17) is 10.2 Å². The molecule has 1 saturated heterocycles. The molecular weight excluding hydrogens is 246 g/mol. The third kappa shape index (κ3) is 3.36. The zero-order chi connectivity index (χ0) is 13.0. The van der Waals surface area contributed by atoms with Gasteiger partial charge in [0.1, 0.15) is 6.04 Å². The molecule has 2 unspecified atom stereocenters. The van der Waals surface area contributed by atoms with Crippen LogP contribution >= 0.6 is 12.6 Å². The lowest BCUT2D eigenvalue weighted by atomic mass is 9.92. The number of nitrogens with zero attached hydrogens (tertiary/aromatic N) is 1. The van der Waals surface area contributed by atoms with E-state index in [-0.39, 0.29) is 31.7 Å². The molecule has 7 heteroatoms. The van der Waals surface area contributed by atoms with Gasteiger partial charge in [-0.05, 0) is 18.6 Å². The van der Waals surface area contributed by atoms with Crippen molar-refractivity contribution in [3.8, 4) is 0 Å². The first kappa shape index (κ1) is 13.8. The number of carboxylic acids is 2. The predicted octanol–water partition coefficient (Wildman–Crippen LogP) is 0.0827. The van der Waals surface area contributed by atoms with E-state index in [1.165, 1.54) is 0 Å². The van der Waals surface area contributed by atoms with Crippen LogP contribution in [-0.2, 0) is 14.4 Å². The highest BCUT2D eigenvalue weighted by atomic mass is 32.1. The molecule has 0 radical (unpaired) electrons. The molecule has 2 atom stereocenters. The first-order chi connectivity index (χ1) is 7.97. The summed E-state index contributed by atoms with van der Waals surface area (Å²) in [7, 11) is 0. The van der Waals surface area contributed by atoms with Crippen molar-refractivity contribution in [3.63, 3.8) is 0 Å². The second-order valence-corrected chi connectivity index (χ2v) is 4.43. The average Bonchev–Trinajstić information content (AvgIpc) is 2.28. The highest BCUT2D eigenvalue weighted by molar-refractivity contribution is 7.80. The van der Waals surface area contributed by atoms with Gasteiger partial charge in [0.05, 0.1) is 5.92 Å². The average molecular weight is 261 g/mol. The fourth-order valence-corrected chi connectivity index (χ4v) is 2.14. The maximum absolute atomic E-state index is 11.7. The van der Waals surface area contributed by atoms with Gasteiger partial charge in [-0.2, -0.15) is 12.6 Å². The minimum atomic E-state index is -1.08. The van der Waals surface area contributed by atoms with Crippen molar-refractivity contribution in [1.29, 1.82) is 0 Å². The summed E-state index contributed by atoms with van der Waals surface area (Å²) >= 11 is 3.91. The fourth-order valence-electron chi connectivity index (χ4n) is 1.94. The molecule has 2 N–H and O–H groups in total. The largest absolute Gasteiger partial charge is 0.481 e. The van der Waals surface area contributed by atoms with Crippen molar-refractivity contribution in [2.24, 2.45) is 5.92 Å². The minimum absolute atomic E-state index is 0.0289. The van der Waals surface area contributed by atoms with Crippen LogP contribution in [0.4, 0.5) is 0 Å². The molecule has 96 valence electrons. The van der Waals surface area contributed by atoms with Crippen LogP contribution in [0, 0.1) is 5.92 Å². The van der Waals surface area contributed by atoms with E-state index in [2.05, 4.69) is 12.6 Å². The van der Waals surface area contributed by atoms with Gasteiger partial charge in [-0.3, -0.25) is 9.59 Å². The standard InChI is InChI=1S/C10H15NO5S/c12-8(3-4-17)11-5-6(9(13)14)1-2-7(11)10(15)16/h6-7,17H,1-5H2,(H,13,14)(H,15,16). The molecule has 1 aliphatic rings. The number of likely N-dealkylation sites (tertiary alicyclic amines) is 1. The summed E-state index contributed by atoms with van der Waals surface area (Å²) < 4.78 is 0. The van der Waals surface area contributed by atoms with Crippen LogP contribution in [0.1, 0.15) is 19.3 Å². The van der Waals surface area contributed by atoms with Crippen LogP contribution in [0.25, 0.3) is 0 Å². The molecule has 1 fully saturated rings. The molecule has 0 bridgehead atoms. The molecule has 6 nitrogen and oxygen atoms in total. The fraction of sp³-hybridized carbons (Fsp3) is 0.700. The normalized spacial score (nSPS) is 24.4. The lowest BCUT2D eigenvalue weighted by molar-refractivity contribution is -0.157. The van der Waals surface area contributed by atoms with Crippen molar-refractivity contribution < 1.29 is 24.6 Å². The van der Waals surface area contributed by atoms with Gasteiger partial charge in [-0.15, -0.1) is 0 Å². The maximum atomic E-state index is 11.7. The Morgan fingerprint density at radius 2 is 1.82 bits per heavy atom. The van der Waals surface area contributed by atoms with Crippen LogP contribution in [0.3, 0.4) is 0 Å². The van der Waals surface area contributed by atoms with Crippen molar-refractivity contribution in [3.05, 3.63) is 0 Å². The Kier molecular flexibility index (Phi) is 4.80. The molecule has 0 aliphatic carbocycles. The second-order valence-electron chi connectivity index (χ2n) is 3.99. The molecule has 0 aromatic rings. The molecular formula is C10H15NO5S. The Morgan fingerprint density at radius 3 is 2.29 bits per heavy atom. The van der Waals surface area contributed by atoms with Crippen LogP contribution in [0.2, 0.25) is 0 Å². The summed E-state index contributed by atoms with van der Waals surface area (Å²) in [6, 6.07) is -0.905. The summed E-state index contributed by atoms with van der Waals surface area (Å²) in [5, 5.41) is 17.9. The summed E-state index contributed by atoms with van der Waals surface area (Å²) in [5.41, 5.74) is 0. The van der Waals surface area contributed by atoms with E-state index < -0.39 is 23.9 Å². The van der Waals surface area contributed by atoms with Crippen LogP contribution in [0.5, 0.6) is 0 Å². The van der Waals surface area contributed by atoms with Gasteiger partial charge in [0.15, 0.2) is 0 Å². The van der Waals surface area contributed by atoms with Crippen molar-refractivity contribution in [2.75, 3.05) is 12.3 Å². The topological polar surface area (TPSA) is 94.9 Å². The first-order valence-electron chi connectivity index (χ1n) is 5.33. The molecule has 1 amide bonds. The quantitative estimate of drug-likeness (QED) is 0.623. The smallest absolute Gasteiger partial charge is 0.326 e. The summed E-state index contributed by atoms with van der Waals surface area (Å²) in [4.78, 5) is 34.7. The molecule has 1 rings (SSSR count). The van der Waals surface area contributed by atoms with E-state index in [0.717, 1.165) is 4.90 Å². The number of carboxylic acid groups (broad SMARTS) is 2. The number of hydrogen-bond acceptors (Lipinski definition) is 4. The van der Waals surface area contributed by atoms with Crippen molar-refractivity contribution in [1.82, 2.24) is 4.90 Å². The SMILES string of the molecule is O=C(O)C1CCC(C(=O)O)N(C(=O)CCS)C1. The molecule has 0 saturated carbocycles. The molecule has 0 spiro atoms. The maximum Gasteiger partial charge on any atom is 0.326 e. The predicted molar refractivity (Wildman–Crippen MR) is 62.0 cm³/mol. The number of rotatable bonds is 4. The van der Waals surface area contributed by atoms with Crippen LogP contribution in [-0.4, -0.2) is 51.3 Å². The van der Waals surface area contributed by atoms with Crippen LogP contribution in [0.15, 0.2) is 0 Å². The van der Waals surface area contributed by atoms with E-state index in [0.29, 0.717) is 5.75 Å². The zero-order valence-electron chi connectivity index (χ0n) is 9.20. The Balaban J connectivity index is 2.79. The van der Waals surface area contributed by atoms with Crippen molar-refractivity contribution in [2.45, 2.75) is 25.3 Å². The Bertz CT molecular complexity index is 333. The number of thiol groups is 1. The number of piperidine rings is 1. The Morgan fingerprint density at radius 1 is 1.18 bits per heavy atom. The van der Waals surface area contributed by atoms with Gasteiger partial charge in [0.25, 0.3) is 0 Å². The number of hydrogen-bond donors (Lipinski definition) is 3. The second kappa shape index (κ2) is 5.90. The van der Waals surface area contributed by atoms with E-state index in [1.807, 2.05) is 0 Å². The van der Waals surface area contributed by atoms with E-state index >= 15 is 0 Å². The van der Waals surface area contributed by atoms with E-state index in [9.17, 15) is 14.4 Å². The van der Waals surface area contributed by atoms with Crippen molar-refractivity contribution >= 4 is 30.5 Å². The van der Waals surface area contributed by atoms with Crippen LogP contribution < -0.4 is 0 Å². The molecule has 17 heavy (non-hydrogen) atoms. The van der Waals surface area contributed by atoms with Gasteiger partial charge < -0.3 is 15.1 Å². The Hall–Kier alpha value is -1.24. The Labute approximate surface area is 104 Å². The monoisotopic (exact) mass is 261 g/mol. The third-order valence-corrected chi connectivity index (χ3v) is 3.09. The summed E-state index contributed by atoms with van der Waals surface area (Å²) in [5.74, 6) is -2.77. The minimum Gasteiger partial charge on any atom is -0.481 e. The van der Waals surface area contributed by atoms with Gasteiger partial charge in [-0.1, -0.05) is 0 Å². The number of aliphatic carboxylic acids is 2. The molecule has 1 heterocycles. The summed E-state index contributed by atoms with van der Waals surface area (Å²) in [6.07, 6.45) is 0.598. The van der Waals surface area contributed by atoms with Gasteiger partial charge in [0, 0.05) is 13.0 Å². The number of carbonyl (C=O) groups excluding carboxylic acids is 1. The number of amides is 1. The highest BCUT2D eigenvalue weighted by Crippen LogP contribution is 2.23. The molecule has 0 aromatic carbocycles. The van der Waals surface area contributed by atoms with Gasteiger partial charge in [0.2, 0.25) is 5.91 Å². The highest BCUT2D eigenvalue weighted by Gasteiger charge is 2.37.